The maximum atomic E-state index is 13.8. The lowest BCUT2D eigenvalue weighted by molar-refractivity contribution is -0.142. The molecule has 0 bridgehead atoms. The van der Waals surface area contributed by atoms with Crippen LogP contribution in [0.15, 0.2) is 42.6 Å². The van der Waals surface area contributed by atoms with Gasteiger partial charge in [-0.1, -0.05) is 12.1 Å². The molecule has 0 aliphatic heterocycles. The van der Waals surface area contributed by atoms with E-state index in [0.717, 1.165) is 7.11 Å². The van der Waals surface area contributed by atoms with E-state index in [1.54, 1.807) is 24.3 Å². The normalized spacial score (nSPS) is 11.9. The lowest BCUT2D eigenvalue weighted by atomic mass is 10.1. The van der Waals surface area contributed by atoms with Crippen molar-refractivity contribution in [2.45, 2.75) is 12.5 Å². The Labute approximate surface area is 157 Å². The van der Waals surface area contributed by atoms with Gasteiger partial charge < -0.3 is 10.1 Å². The van der Waals surface area contributed by atoms with Crippen LogP contribution in [0, 0.1) is 17.5 Å². The molecule has 0 aliphatic rings. The maximum Gasteiger partial charge on any atom is 0.328 e. The molecule has 1 aromatic heterocycles. The van der Waals surface area contributed by atoms with Gasteiger partial charge in [-0.3, -0.25) is 9.78 Å². The lowest BCUT2D eigenvalue weighted by Gasteiger charge is -2.17. The average molecular weight is 389 g/mol. The zero-order valence-electron chi connectivity index (χ0n) is 14.6. The summed E-state index contributed by atoms with van der Waals surface area (Å²) in [4.78, 5) is 32.9. The molecule has 6 nitrogen and oxygen atoms in total. The number of nitrogens with zero attached hydrogens (tertiary/aromatic N) is 2. The number of para-hydroxylation sites is 2. The van der Waals surface area contributed by atoms with E-state index < -0.39 is 40.9 Å². The topological polar surface area (TPSA) is 81.2 Å². The van der Waals surface area contributed by atoms with Crippen LogP contribution in [-0.4, -0.2) is 35.0 Å². The molecule has 3 rings (SSSR count). The first-order chi connectivity index (χ1) is 13.4. The molecule has 1 heterocycles. The van der Waals surface area contributed by atoms with Gasteiger partial charge in [0.2, 0.25) is 0 Å². The van der Waals surface area contributed by atoms with E-state index >= 15 is 0 Å². The molecule has 0 spiro atoms. The number of methoxy groups -OCH3 is 1. The first-order valence-electron chi connectivity index (χ1n) is 8.13. The number of nitrogens with one attached hydrogen (secondary N) is 1. The van der Waals surface area contributed by atoms with Gasteiger partial charge >= 0.3 is 5.97 Å². The minimum atomic E-state index is -1.39. The zero-order chi connectivity index (χ0) is 20.3. The number of carbonyl (C=O) groups excluding carboxylic acids is 2. The Balaban J connectivity index is 1.86. The number of ether oxygens (including phenoxy) is 1. The third-order valence-electron chi connectivity index (χ3n) is 3.94. The third kappa shape index (κ3) is 4.08. The summed E-state index contributed by atoms with van der Waals surface area (Å²) in [6.07, 6.45) is 1.30. The minimum Gasteiger partial charge on any atom is -0.467 e. The number of esters is 1. The molecule has 1 N–H and O–H groups in total. The Morgan fingerprint density at radius 1 is 1.11 bits per heavy atom. The molecule has 1 atom stereocenters. The van der Waals surface area contributed by atoms with Crippen molar-refractivity contribution in [1.29, 1.82) is 0 Å². The smallest absolute Gasteiger partial charge is 0.328 e. The first kappa shape index (κ1) is 19.3. The van der Waals surface area contributed by atoms with E-state index in [1.165, 1.54) is 6.20 Å². The summed E-state index contributed by atoms with van der Waals surface area (Å²) < 4.78 is 45.3. The predicted molar refractivity (Wildman–Crippen MR) is 92.8 cm³/mol. The monoisotopic (exact) mass is 389 g/mol. The van der Waals surface area contributed by atoms with Crippen molar-refractivity contribution >= 4 is 22.9 Å². The highest BCUT2D eigenvalue weighted by molar-refractivity contribution is 5.97. The van der Waals surface area contributed by atoms with Gasteiger partial charge in [0.15, 0.2) is 0 Å². The van der Waals surface area contributed by atoms with E-state index in [0.29, 0.717) is 28.9 Å². The number of hydrogen-bond acceptors (Lipinski definition) is 5. The highest BCUT2D eigenvalue weighted by Crippen LogP contribution is 2.16. The third-order valence-corrected chi connectivity index (χ3v) is 3.94. The van der Waals surface area contributed by atoms with Crippen LogP contribution in [0.4, 0.5) is 13.2 Å². The largest absolute Gasteiger partial charge is 0.467 e. The number of hydrogen-bond donors (Lipinski definition) is 1. The van der Waals surface area contributed by atoms with Crippen molar-refractivity contribution in [3.8, 4) is 0 Å². The number of halogens is 3. The molecular formula is C19H14F3N3O3. The van der Waals surface area contributed by atoms with E-state index in [4.69, 9.17) is 0 Å². The zero-order valence-corrected chi connectivity index (χ0v) is 14.6. The van der Waals surface area contributed by atoms with Crippen LogP contribution in [0.2, 0.25) is 0 Å². The molecule has 0 aliphatic carbocycles. The fourth-order valence-electron chi connectivity index (χ4n) is 2.63. The Morgan fingerprint density at radius 2 is 1.75 bits per heavy atom. The molecule has 1 amide bonds. The number of amides is 1. The van der Waals surface area contributed by atoms with Crippen molar-refractivity contribution in [1.82, 2.24) is 15.3 Å². The number of aromatic nitrogens is 2. The standard InChI is InChI=1S/C19H14F3N3O3/c1-28-19(27)16(8-11-9-23-14-4-2-3-5-15(14)24-11)25-18(26)17-12(21)6-10(20)7-13(17)22/h2-7,9,16H,8H2,1H3,(H,25,26)/t16-/m1/s1. The Hall–Kier alpha value is -3.49. The summed E-state index contributed by atoms with van der Waals surface area (Å²) in [6, 6.07) is 6.50. The predicted octanol–water partition coefficient (Wildman–Crippen LogP) is 2.56. The van der Waals surface area contributed by atoms with Gasteiger partial charge in [0, 0.05) is 24.8 Å². The molecule has 0 saturated carbocycles. The highest BCUT2D eigenvalue weighted by atomic mass is 19.1. The van der Waals surface area contributed by atoms with Gasteiger partial charge in [-0.05, 0) is 12.1 Å². The number of carbonyl (C=O) groups is 2. The molecule has 144 valence electrons. The Morgan fingerprint density at radius 3 is 2.39 bits per heavy atom. The number of benzene rings is 2. The summed E-state index contributed by atoms with van der Waals surface area (Å²) >= 11 is 0. The van der Waals surface area contributed by atoms with Gasteiger partial charge in [0.25, 0.3) is 5.91 Å². The van der Waals surface area contributed by atoms with Gasteiger partial charge in [-0.15, -0.1) is 0 Å². The van der Waals surface area contributed by atoms with E-state index in [-0.39, 0.29) is 6.42 Å². The van der Waals surface area contributed by atoms with Crippen LogP contribution in [0.1, 0.15) is 16.1 Å². The molecule has 9 heteroatoms. The summed E-state index contributed by atoms with van der Waals surface area (Å²) in [5.74, 6) is -6.00. The fourth-order valence-corrected chi connectivity index (χ4v) is 2.63. The highest BCUT2D eigenvalue weighted by Gasteiger charge is 2.27. The first-order valence-corrected chi connectivity index (χ1v) is 8.13. The quantitative estimate of drug-likeness (QED) is 0.679. The van der Waals surface area contributed by atoms with Crippen LogP contribution in [0.3, 0.4) is 0 Å². The Bertz CT molecular complexity index is 1040. The summed E-state index contributed by atoms with van der Waals surface area (Å²) in [5, 5.41) is 2.20. The number of rotatable bonds is 5. The van der Waals surface area contributed by atoms with Crippen LogP contribution in [0.25, 0.3) is 11.0 Å². The van der Waals surface area contributed by atoms with E-state index in [2.05, 4.69) is 20.0 Å². The second-order valence-corrected chi connectivity index (χ2v) is 5.85. The second kappa shape index (κ2) is 8.03. The minimum absolute atomic E-state index is 0.124. The SMILES string of the molecule is COC(=O)[C@@H](Cc1cnc2ccccc2n1)NC(=O)c1c(F)cc(F)cc1F. The van der Waals surface area contributed by atoms with E-state index in [1.807, 2.05) is 0 Å². The van der Waals surface area contributed by atoms with Crippen LogP contribution in [-0.2, 0) is 16.0 Å². The van der Waals surface area contributed by atoms with Crippen molar-refractivity contribution in [2.24, 2.45) is 0 Å². The maximum absolute atomic E-state index is 13.8. The van der Waals surface area contributed by atoms with Crippen molar-refractivity contribution < 1.29 is 27.5 Å². The van der Waals surface area contributed by atoms with Crippen LogP contribution in [0.5, 0.6) is 0 Å². The molecule has 0 saturated heterocycles. The summed E-state index contributed by atoms with van der Waals surface area (Å²) in [7, 11) is 1.10. The van der Waals surface area contributed by atoms with Crippen molar-refractivity contribution in [3.63, 3.8) is 0 Å². The molecule has 2 aromatic carbocycles. The molecule has 0 radical (unpaired) electrons. The van der Waals surface area contributed by atoms with Crippen molar-refractivity contribution in [2.75, 3.05) is 7.11 Å². The number of fused-ring (bicyclic) bond motifs is 1. The molecule has 3 aromatic rings. The molecule has 0 fully saturated rings. The van der Waals surface area contributed by atoms with Crippen LogP contribution >= 0.6 is 0 Å². The Kier molecular flexibility index (Phi) is 5.53. The lowest BCUT2D eigenvalue weighted by Crippen LogP contribution is -2.43. The van der Waals surface area contributed by atoms with Crippen LogP contribution < -0.4 is 5.32 Å². The summed E-state index contributed by atoms with van der Waals surface area (Å²) in [6.45, 7) is 0. The van der Waals surface area contributed by atoms with Gasteiger partial charge in [0.1, 0.15) is 29.1 Å². The fraction of sp³-hybridized carbons (Fsp3) is 0.158. The van der Waals surface area contributed by atoms with Gasteiger partial charge in [-0.2, -0.15) is 0 Å². The average Bonchev–Trinajstić information content (AvgIpc) is 2.66. The molecule has 28 heavy (non-hydrogen) atoms. The summed E-state index contributed by atoms with van der Waals surface area (Å²) in [5.41, 5.74) is 0.570. The molecular weight excluding hydrogens is 375 g/mol. The molecule has 0 unspecified atom stereocenters. The van der Waals surface area contributed by atoms with Gasteiger partial charge in [-0.25, -0.2) is 22.9 Å². The van der Waals surface area contributed by atoms with Crippen molar-refractivity contribution in [3.05, 3.63) is 71.3 Å². The van der Waals surface area contributed by atoms with Gasteiger partial charge in [0.05, 0.1) is 23.8 Å². The second-order valence-electron chi connectivity index (χ2n) is 5.85. The van der Waals surface area contributed by atoms with E-state index in [9.17, 15) is 22.8 Å².